The first-order chi connectivity index (χ1) is 12.7. The number of amides is 2. The standard InChI is InChI=1S/C19H30N4O3/c1-3-8-21(9-4-2)18(24)16-15-7-5-6-10-23(15)17(20-16)19(25)22-11-13-26-14-12-22/h3-14H2,1-2H3. The number of nitrogens with zero attached hydrogens (tertiary/aromatic N) is 4. The van der Waals surface area contributed by atoms with Gasteiger partial charge in [0.05, 0.1) is 18.9 Å². The summed E-state index contributed by atoms with van der Waals surface area (Å²) in [6.07, 6.45) is 4.71. The molecule has 0 aromatic carbocycles. The van der Waals surface area contributed by atoms with E-state index in [1.54, 1.807) is 4.90 Å². The van der Waals surface area contributed by atoms with Crippen LogP contribution >= 0.6 is 0 Å². The van der Waals surface area contributed by atoms with Crippen LogP contribution in [0.25, 0.3) is 0 Å². The lowest BCUT2D eigenvalue weighted by Crippen LogP contribution is -2.42. The van der Waals surface area contributed by atoms with Gasteiger partial charge in [-0.25, -0.2) is 4.98 Å². The quantitative estimate of drug-likeness (QED) is 0.776. The van der Waals surface area contributed by atoms with E-state index in [4.69, 9.17) is 4.74 Å². The molecule has 7 nitrogen and oxygen atoms in total. The monoisotopic (exact) mass is 362 g/mol. The van der Waals surface area contributed by atoms with Gasteiger partial charge in [0.2, 0.25) is 0 Å². The number of ether oxygens (including phenoxy) is 1. The Kier molecular flexibility index (Phi) is 6.29. The van der Waals surface area contributed by atoms with Crippen molar-refractivity contribution in [1.29, 1.82) is 0 Å². The summed E-state index contributed by atoms with van der Waals surface area (Å²) in [4.78, 5) is 34.4. The van der Waals surface area contributed by atoms with E-state index in [9.17, 15) is 9.59 Å². The third kappa shape index (κ3) is 3.77. The highest BCUT2D eigenvalue weighted by Crippen LogP contribution is 2.23. The van der Waals surface area contributed by atoms with Crippen LogP contribution in [0.4, 0.5) is 0 Å². The maximum Gasteiger partial charge on any atom is 0.290 e. The van der Waals surface area contributed by atoms with Crippen LogP contribution in [-0.4, -0.2) is 70.6 Å². The molecule has 0 unspecified atom stereocenters. The number of rotatable bonds is 6. The largest absolute Gasteiger partial charge is 0.378 e. The van der Waals surface area contributed by atoms with Gasteiger partial charge >= 0.3 is 0 Å². The molecular weight excluding hydrogens is 332 g/mol. The van der Waals surface area contributed by atoms with Crippen molar-refractivity contribution in [3.8, 4) is 0 Å². The van der Waals surface area contributed by atoms with Crippen LogP contribution in [0.15, 0.2) is 0 Å². The third-order valence-corrected chi connectivity index (χ3v) is 5.08. The summed E-state index contributed by atoms with van der Waals surface area (Å²) in [5.41, 5.74) is 1.43. The molecule has 0 N–H and O–H groups in total. The fourth-order valence-corrected chi connectivity index (χ4v) is 3.79. The Hall–Kier alpha value is -1.89. The lowest BCUT2D eigenvalue weighted by Gasteiger charge is -2.27. The molecule has 3 heterocycles. The number of hydrogen-bond acceptors (Lipinski definition) is 4. The average Bonchev–Trinajstić information content (AvgIpc) is 3.07. The number of carbonyl (C=O) groups is 2. The summed E-state index contributed by atoms with van der Waals surface area (Å²) < 4.78 is 7.34. The molecule has 2 amide bonds. The Balaban J connectivity index is 1.92. The predicted molar refractivity (Wildman–Crippen MR) is 98.4 cm³/mol. The maximum atomic E-state index is 13.1. The summed E-state index contributed by atoms with van der Waals surface area (Å²) in [5.74, 6) is 0.325. The van der Waals surface area contributed by atoms with Crippen molar-refractivity contribution >= 4 is 11.8 Å². The summed E-state index contributed by atoms with van der Waals surface area (Å²) in [6.45, 7) is 8.67. The molecule has 26 heavy (non-hydrogen) atoms. The zero-order valence-corrected chi connectivity index (χ0v) is 16.0. The number of carbonyl (C=O) groups excluding carboxylic acids is 2. The van der Waals surface area contributed by atoms with Crippen LogP contribution in [-0.2, 0) is 17.7 Å². The van der Waals surface area contributed by atoms with Crippen LogP contribution in [0, 0.1) is 0 Å². The molecule has 144 valence electrons. The Labute approximate surface area is 155 Å². The van der Waals surface area contributed by atoms with E-state index in [1.165, 1.54) is 0 Å². The van der Waals surface area contributed by atoms with Gasteiger partial charge in [0.15, 0.2) is 5.82 Å². The van der Waals surface area contributed by atoms with Crippen molar-refractivity contribution in [3.05, 3.63) is 17.2 Å². The van der Waals surface area contributed by atoms with Gasteiger partial charge in [-0.1, -0.05) is 13.8 Å². The Morgan fingerprint density at radius 1 is 1.08 bits per heavy atom. The van der Waals surface area contributed by atoms with Gasteiger partial charge in [-0.2, -0.15) is 0 Å². The Morgan fingerprint density at radius 2 is 1.77 bits per heavy atom. The minimum absolute atomic E-state index is 0.0274. The van der Waals surface area contributed by atoms with E-state index < -0.39 is 0 Å². The van der Waals surface area contributed by atoms with E-state index in [0.717, 1.165) is 57.4 Å². The molecule has 0 bridgehead atoms. The second-order valence-electron chi connectivity index (χ2n) is 7.04. The van der Waals surface area contributed by atoms with Crippen molar-refractivity contribution in [2.24, 2.45) is 0 Å². The van der Waals surface area contributed by atoms with Gasteiger partial charge in [-0.05, 0) is 32.1 Å². The van der Waals surface area contributed by atoms with E-state index in [1.807, 2.05) is 9.47 Å². The summed E-state index contributed by atoms with van der Waals surface area (Å²) in [6, 6.07) is 0. The van der Waals surface area contributed by atoms with Gasteiger partial charge in [0.1, 0.15) is 5.69 Å². The molecule has 2 aliphatic rings. The van der Waals surface area contributed by atoms with Crippen LogP contribution in [0.5, 0.6) is 0 Å². The SMILES string of the molecule is CCCN(CCC)C(=O)c1nc(C(=O)N2CCOCC2)n2c1CCCC2. The van der Waals surface area contributed by atoms with Gasteiger partial charge < -0.3 is 19.1 Å². The summed E-state index contributed by atoms with van der Waals surface area (Å²) in [5, 5.41) is 0. The van der Waals surface area contributed by atoms with Crippen LogP contribution < -0.4 is 0 Å². The molecule has 1 saturated heterocycles. The number of imidazole rings is 1. The average molecular weight is 362 g/mol. The lowest BCUT2D eigenvalue weighted by molar-refractivity contribution is 0.0291. The van der Waals surface area contributed by atoms with E-state index in [-0.39, 0.29) is 11.8 Å². The number of hydrogen-bond donors (Lipinski definition) is 0. The molecule has 0 saturated carbocycles. The molecule has 1 aromatic heterocycles. The van der Waals surface area contributed by atoms with Gasteiger partial charge in [0.25, 0.3) is 11.8 Å². The third-order valence-electron chi connectivity index (χ3n) is 5.08. The minimum atomic E-state index is -0.0759. The number of morpholine rings is 1. The van der Waals surface area contributed by atoms with Crippen molar-refractivity contribution in [3.63, 3.8) is 0 Å². The zero-order valence-electron chi connectivity index (χ0n) is 16.0. The van der Waals surface area contributed by atoms with E-state index in [0.29, 0.717) is 37.8 Å². The van der Waals surface area contributed by atoms with Gasteiger partial charge in [-0.15, -0.1) is 0 Å². The van der Waals surface area contributed by atoms with E-state index >= 15 is 0 Å². The van der Waals surface area contributed by atoms with Crippen LogP contribution in [0.1, 0.15) is 66.3 Å². The fraction of sp³-hybridized carbons (Fsp3) is 0.737. The molecule has 0 atom stereocenters. The summed E-state index contributed by atoms with van der Waals surface area (Å²) >= 11 is 0. The summed E-state index contributed by atoms with van der Waals surface area (Å²) in [7, 11) is 0. The smallest absolute Gasteiger partial charge is 0.290 e. The molecule has 2 aliphatic heterocycles. The second kappa shape index (κ2) is 8.66. The van der Waals surface area contributed by atoms with Gasteiger partial charge in [-0.3, -0.25) is 9.59 Å². The highest BCUT2D eigenvalue weighted by Gasteiger charge is 2.31. The number of aromatic nitrogens is 2. The van der Waals surface area contributed by atoms with Crippen molar-refractivity contribution in [2.75, 3.05) is 39.4 Å². The zero-order chi connectivity index (χ0) is 18.5. The maximum absolute atomic E-state index is 13.1. The highest BCUT2D eigenvalue weighted by atomic mass is 16.5. The molecule has 1 aromatic rings. The normalized spacial score (nSPS) is 17.1. The first kappa shape index (κ1) is 18.9. The highest BCUT2D eigenvalue weighted by molar-refractivity contribution is 5.97. The minimum Gasteiger partial charge on any atom is -0.378 e. The van der Waals surface area contributed by atoms with Crippen molar-refractivity contribution < 1.29 is 14.3 Å². The molecule has 1 fully saturated rings. The fourth-order valence-electron chi connectivity index (χ4n) is 3.79. The number of fused-ring (bicyclic) bond motifs is 1. The molecule has 0 radical (unpaired) electrons. The first-order valence-corrected chi connectivity index (χ1v) is 9.93. The molecular formula is C19H30N4O3. The van der Waals surface area contributed by atoms with Crippen LogP contribution in [0.2, 0.25) is 0 Å². The first-order valence-electron chi connectivity index (χ1n) is 9.93. The second-order valence-corrected chi connectivity index (χ2v) is 7.04. The predicted octanol–water partition coefficient (Wildman–Crippen LogP) is 1.95. The Morgan fingerprint density at radius 3 is 2.42 bits per heavy atom. The Bertz CT molecular complexity index is 643. The molecule has 0 aliphatic carbocycles. The molecule has 7 heteroatoms. The van der Waals surface area contributed by atoms with Crippen molar-refractivity contribution in [1.82, 2.24) is 19.4 Å². The van der Waals surface area contributed by atoms with Crippen LogP contribution in [0.3, 0.4) is 0 Å². The van der Waals surface area contributed by atoms with Crippen molar-refractivity contribution in [2.45, 2.75) is 52.5 Å². The topological polar surface area (TPSA) is 67.7 Å². The lowest BCUT2D eigenvalue weighted by atomic mass is 10.1. The van der Waals surface area contributed by atoms with E-state index in [2.05, 4.69) is 18.8 Å². The van der Waals surface area contributed by atoms with Gasteiger partial charge in [0, 0.05) is 32.7 Å². The molecule has 0 spiro atoms. The molecule has 3 rings (SSSR count).